The van der Waals surface area contributed by atoms with Gasteiger partial charge in [-0.25, -0.2) is 0 Å². The summed E-state index contributed by atoms with van der Waals surface area (Å²) in [6, 6.07) is -0.935. The lowest BCUT2D eigenvalue weighted by Gasteiger charge is -2.27. The Morgan fingerprint density at radius 3 is 2.06 bits per heavy atom. The predicted octanol–water partition coefficient (Wildman–Crippen LogP) is 2.26. The van der Waals surface area contributed by atoms with Crippen LogP contribution in [0.25, 0.3) is 0 Å². The van der Waals surface area contributed by atoms with E-state index in [2.05, 4.69) is 0 Å². The summed E-state index contributed by atoms with van der Waals surface area (Å²) in [5.41, 5.74) is 0. The van der Waals surface area contributed by atoms with E-state index in [0.29, 0.717) is 13.2 Å². The van der Waals surface area contributed by atoms with E-state index in [4.69, 9.17) is 25.6 Å². The Kier molecular flexibility index (Phi) is 9.51. The Morgan fingerprint density at radius 2 is 1.71 bits per heavy atom. The zero-order chi connectivity index (χ0) is 13.3. The highest BCUT2D eigenvalue weighted by Gasteiger charge is 2.37. The fourth-order valence-electron chi connectivity index (χ4n) is 1.32. The molecule has 0 saturated carbocycles. The minimum absolute atomic E-state index is 0.00202. The van der Waals surface area contributed by atoms with Crippen LogP contribution >= 0.6 is 19.0 Å². The van der Waals surface area contributed by atoms with Gasteiger partial charge in [-0.05, 0) is 20.8 Å². The number of halogens is 1. The number of ether oxygens (including phenoxy) is 2. The molecule has 0 rings (SSSR count). The van der Waals surface area contributed by atoms with Crippen molar-refractivity contribution in [3.8, 4) is 0 Å². The molecule has 0 fully saturated rings. The molecular weight excluding hydrogens is 267 g/mol. The van der Waals surface area contributed by atoms with Gasteiger partial charge < -0.3 is 19.1 Å². The van der Waals surface area contributed by atoms with Crippen LogP contribution in [0.1, 0.15) is 20.8 Å². The zero-order valence-corrected chi connectivity index (χ0v) is 12.2. The second kappa shape index (κ2) is 9.31. The smallest absolute Gasteiger partial charge is 0.260 e. The van der Waals surface area contributed by atoms with Crippen LogP contribution < -0.4 is 0 Å². The quantitative estimate of drug-likeness (QED) is 0.379. The first-order valence-electron chi connectivity index (χ1n) is 5.74. The summed E-state index contributed by atoms with van der Waals surface area (Å²) in [5, 5.41) is 9.51. The van der Waals surface area contributed by atoms with E-state index in [1.54, 1.807) is 20.8 Å². The maximum Gasteiger partial charge on any atom is 0.260 e. The SMILES string of the molecule is CCOC(OCC)P(=O)(CC(O)CCl)OCC. The molecule has 0 heterocycles. The van der Waals surface area contributed by atoms with Gasteiger partial charge in [0.05, 0.1) is 18.9 Å². The van der Waals surface area contributed by atoms with Gasteiger partial charge in [0.2, 0.25) is 6.03 Å². The molecule has 0 saturated heterocycles. The van der Waals surface area contributed by atoms with Crippen LogP contribution in [0.5, 0.6) is 0 Å². The molecule has 0 radical (unpaired) electrons. The summed E-state index contributed by atoms with van der Waals surface area (Å²) in [6.07, 6.45) is -0.952. The molecule has 0 aromatic heterocycles. The van der Waals surface area contributed by atoms with E-state index in [-0.39, 0.29) is 18.6 Å². The standard InChI is InChI=1S/C10H22ClO5P/c1-4-14-10(15-5-2)17(13,16-6-3)8-9(12)7-11/h9-10,12H,4-8H2,1-3H3. The van der Waals surface area contributed by atoms with Gasteiger partial charge in [-0.1, -0.05) is 0 Å². The van der Waals surface area contributed by atoms with Crippen molar-refractivity contribution in [3.63, 3.8) is 0 Å². The topological polar surface area (TPSA) is 65.0 Å². The molecule has 0 amide bonds. The fraction of sp³-hybridized carbons (Fsp3) is 1.00. The molecule has 7 heteroatoms. The van der Waals surface area contributed by atoms with Crippen molar-refractivity contribution in [2.24, 2.45) is 0 Å². The van der Waals surface area contributed by atoms with E-state index in [1.807, 2.05) is 0 Å². The van der Waals surface area contributed by atoms with E-state index in [1.165, 1.54) is 0 Å². The van der Waals surface area contributed by atoms with Gasteiger partial charge in [-0.3, -0.25) is 4.57 Å². The summed E-state index contributed by atoms with van der Waals surface area (Å²) in [4.78, 5) is 0. The lowest BCUT2D eigenvalue weighted by Crippen LogP contribution is -2.26. The Bertz CT molecular complexity index is 233. The molecule has 0 aliphatic heterocycles. The van der Waals surface area contributed by atoms with Gasteiger partial charge in [0.25, 0.3) is 7.37 Å². The first-order chi connectivity index (χ1) is 8.03. The molecule has 5 nitrogen and oxygen atoms in total. The number of aliphatic hydroxyl groups is 1. The van der Waals surface area contributed by atoms with Gasteiger partial charge in [0, 0.05) is 19.1 Å². The molecule has 0 bridgehead atoms. The highest BCUT2D eigenvalue weighted by Crippen LogP contribution is 2.53. The van der Waals surface area contributed by atoms with Crippen molar-refractivity contribution in [2.45, 2.75) is 32.9 Å². The highest BCUT2D eigenvalue weighted by atomic mass is 35.5. The van der Waals surface area contributed by atoms with Crippen LogP contribution in [-0.2, 0) is 18.6 Å². The summed E-state index contributed by atoms with van der Waals surface area (Å²) in [5.74, 6) is 0.00202. The van der Waals surface area contributed by atoms with Crippen molar-refractivity contribution in [2.75, 3.05) is 31.9 Å². The number of hydrogen-bond acceptors (Lipinski definition) is 5. The fourth-order valence-corrected chi connectivity index (χ4v) is 3.89. The Hall–Kier alpha value is 0.360. The first-order valence-corrected chi connectivity index (χ1v) is 8.15. The molecular formula is C10H22ClO5P. The molecule has 0 aromatic rings. The summed E-state index contributed by atoms with van der Waals surface area (Å²) < 4.78 is 28.4. The molecule has 0 aromatic carbocycles. The average molecular weight is 289 g/mol. The normalized spacial score (nSPS) is 17.1. The average Bonchev–Trinajstić information content (AvgIpc) is 2.29. The van der Waals surface area contributed by atoms with E-state index in [9.17, 15) is 9.67 Å². The van der Waals surface area contributed by atoms with Crippen LogP contribution in [0.4, 0.5) is 0 Å². The minimum atomic E-state index is -3.21. The van der Waals surface area contributed by atoms with Crippen molar-refractivity contribution < 1.29 is 23.7 Å². The molecule has 17 heavy (non-hydrogen) atoms. The van der Waals surface area contributed by atoms with Gasteiger partial charge >= 0.3 is 0 Å². The molecule has 2 unspecified atom stereocenters. The van der Waals surface area contributed by atoms with Gasteiger partial charge in [0.15, 0.2) is 0 Å². The summed E-state index contributed by atoms with van der Waals surface area (Å²) in [6.45, 7) is 6.27. The molecule has 2 atom stereocenters. The minimum Gasteiger partial charge on any atom is -0.391 e. The van der Waals surface area contributed by atoms with Crippen LogP contribution in [0.3, 0.4) is 0 Å². The first kappa shape index (κ1) is 17.4. The second-order valence-corrected chi connectivity index (χ2v) is 6.16. The number of aliphatic hydroxyl groups excluding tert-OH is 1. The third-order valence-electron chi connectivity index (χ3n) is 1.93. The summed E-state index contributed by atoms with van der Waals surface area (Å²) in [7, 11) is -3.21. The molecule has 0 aliphatic carbocycles. The third kappa shape index (κ3) is 6.18. The van der Waals surface area contributed by atoms with Gasteiger partial charge in [-0.15, -0.1) is 11.6 Å². The maximum absolute atomic E-state index is 12.6. The number of alkyl halides is 1. The van der Waals surface area contributed by atoms with E-state index >= 15 is 0 Å². The molecule has 1 N–H and O–H groups in total. The number of hydrogen-bond donors (Lipinski definition) is 1. The van der Waals surface area contributed by atoms with Crippen LogP contribution in [0, 0.1) is 0 Å². The van der Waals surface area contributed by atoms with Crippen molar-refractivity contribution in [1.82, 2.24) is 0 Å². The molecule has 0 aliphatic rings. The monoisotopic (exact) mass is 288 g/mol. The largest absolute Gasteiger partial charge is 0.391 e. The Morgan fingerprint density at radius 1 is 1.18 bits per heavy atom. The van der Waals surface area contributed by atoms with Crippen LogP contribution in [0.2, 0.25) is 0 Å². The van der Waals surface area contributed by atoms with Crippen LogP contribution in [-0.4, -0.2) is 49.1 Å². The summed E-state index contributed by atoms with van der Waals surface area (Å²) >= 11 is 5.51. The highest BCUT2D eigenvalue weighted by molar-refractivity contribution is 7.59. The van der Waals surface area contributed by atoms with Crippen molar-refractivity contribution >= 4 is 19.0 Å². The zero-order valence-electron chi connectivity index (χ0n) is 10.6. The number of rotatable bonds is 10. The van der Waals surface area contributed by atoms with Crippen molar-refractivity contribution in [1.29, 1.82) is 0 Å². The predicted molar refractivity (Wildman–Crippen MR) is 67.9 cm³/mol. The van der Waals surface area contributed by atoms with Crippen molar-refractivity contribution in [3.05, 3.63) is 0 Å². The molecule has 0 spiro atoms. The maximum atomic E-state index is 12.6. The Balaban J connectivity index is 4.78. The van der Waals surface area contributed by atoms with Crippen LogP contribution in [0.15, 0.2) is 0 Å². The molecule has 104 valence electrons. The van der Waals surface area contributed by atoms with Gasteiger partial charge in [0.1, 0.15) is 0 Å². The Labute approximate surface area is 108 Å². The third-order valence-corrected chi connectivity index (χ3v) is 4.85. The van der Waals surface area contributed by atoms with E-state index < -0.39 is 19.5 Å². The second-order valence-electron chi connectivity index (χ2n) is 3.35. The van der Waals surface area contributed by atoms with Gasteiger partial charge in [-0.2, -0.15) is 0 Å². The lowest BCUT2D eigenvalue weighted by atomic mass is 10.5. The van der Waals surface area contributed by atoms with E-state index in [0.717, 1.165) is 0 Å². The lowest BCUT2D eigenvalue weighted by molar-refractivity contribution is -0.0893.